The molecule has 2 heteroatoms. The maximum Gasteiger partial charge on any atom is 0.160 e. The normalized spacial score (nSPS) is 15.0. The average molecular weight is 259 g/mol. The van der Waals surface area contributed by atoms with Gasteiger partial charge in [0.25, 0.3) is 0 Å². The second kappa shape index (κ2) is 4.20. The number of rotatable bonds is 1. The molecule has 1 aliphatic carbocycles. The van der Waals surface area contributed by atoms with Crippen molar-refractivity contribution in [2.45, 2.75) is 6.42 Å². The number of hydrogen-bond donors (Lipinski definition) is 1. The quantitative estimate of drug-likeness (QED) is 0.696. The lowest BCUT2D eigenvalue weighted by Crippen LogP contribution is -1.99. The first-order valence-corrected chi connectivity index (χ1v) is 6.73. The molecule has 2 aromatic carbocycles. The van der Waals surface area contributed by atoms with Crippen LogP contribution in [0, 0.1) is 0 Å². The van der Waals surface area contributed by atoms with Crippen LogP contribution in [0.3, 0.4) is 0 Å². The van der Waals surface area contributed by atoms with Crippen molar-refractivity contribution in [3.05, 3.63) is 66.3 Å². The van der Waals surface area contributed by atoms with E-state index in [9.17, 15) is 4.79 Å². The van der Waals surface area contributed by atoms with Crippen molar-refractivity contribution < 1.29 is 4.79 Å². The van der Waals surface area contributed by atoms with Gasteiger partial charge in [0.05, 0.1) is 5.52 Å². The Morgan fingerprint density at radius 2 is 1.80 bits per heavy atom. The zero-order valence-electron chi connectivity index (χ0n) is 10.9. The maximum absolute atomic E-state index is 11.6. The minimum Gasteiger partial charge on any atom is -0.354 e. The molecule has 0 saturated heterocycles. The number of benzene rings is 2. The number of carbonyl (C=O) groups excluding carboxylic acids is 1. The highest BCUT2D eigenvalue weighted by atomic mass is 16.1. The van der Waals surface area contributed by atoms with Crippen LogP contribution in [0.4, 0.5) is 0 Å². The third-order valence-corrected chi connectivity index (χ3v) is 3.83. The van der Waals surface area contributed by atoms with Gasteiger partial charge in [0.1, 0.15) is 0 Å². The fourth-order valence-corrected chi connectivity index (χ4v) is 2.90. The standard InChI is InChI=1S/C18H13NO/c20-13-6-3-5-12(11-13)14-8-4-9-16-15-7-1-2-10-17(15)19-18(14)16/h1-10,19H,11H2. The van der Waals surface area contributed by atoms with E-state index in [1.807, 2.05) is 18.2 Å². The molecule has 96 valence electrons. The van der Waals surface area contributed by atoms with Gasteiger partial charge in [-0.05, 0) is 17.7 Å². The van der Waals surface area contributed by atoms with Crippen molar-refractivity contribution in [1.29, 1.82) is 0 Å². The van der Waals surface area contributed by atoms with E-state index in [1.165, 1.54) is 10.8 Å². The van der Waals surface area contributed by atoms with Gasteiger partial charge in [-0.2, -0.15) is 0 Å². The first-order chi connectivity index (χ1) is 9.83. The fraction of sp³-hybridized carbons (Fsp3) is 0.0556. The summed E-state index contributed by atoms with van der Waals surface area (Å²) in [6.45, 7) is 0. The van der Waals surface area contributed by atoms with Crippen molar-refractivity contribution in [2.75, 3.05) is 0 Å². The first kappa shape index (κ1) is 11.2. The molecule has 1 heterocycles. The van der Waals surface area contributed by atoms with Crippen LogP contribution in [0.1, 0.15) is 12.0 Å². The van der Waals surface area contributed by atoms with Gasteiger partial charge in [-0.25, -0.2) is 0 Å². The van der Waals surface area contributed by atoms with Crippen LogP contribution >= 0.6 is 0 Å². The highest BCUT2D eigenvalue weighted by molar-refractivity contribution is 6.12. The van der Waals surface area contributed by atoms with Gasteiger partial charge in [0, 0.05) is 28.3 Å². The summed E-state index contributed by atoms with van der Waals surface area (Å²) in [4.78, 5) is 15.1. The summed E-state index contributed by atoms with van der Waals surface area (Å²) in [5, 5.41) is 2.43. The topological polar surface area (TPSA) is 32.9 Å². The molecule has 3 aromatic rings. The van der Waals surface area contributed by atoms with Gasteiger partial charge in [0.15, 0.2) is 5.78 Å². The van der Waals surface area contributed by atoms with E-state index in [-0.39, 0.29) is 5.78 Å². The van der Waals surface area contributed by atoms with E-state index in [2.05, 4.69) is 41.4 Å². The number of hydrogen-bond acceptors (Lipinski definition) is 1. The summed E-state index contributed by atoms with van der Waals surface area (Å²) in [7, 11) is 0. The van der Waals surface area contributed by atoms with Gasteiger partial charge in [-0.3, -0.25) is 4.79 Å². The predicted octanol–water partition coefficient (Wildman–Crippen LogP) is 4.23. The van der Waals surface area contributed by atoms with Gasteiger partial charge in [-0.1, -0.05) is 48.6 Å². The molecule has 0 atom stereocenters. The van der Waals surface area contributed by atoms with Crippen molar-refractivity contribution in [3.8, 4) is 0 Å². The highest BCUT2D eigenvalue weighted by Gasteiger charge is 2.14. The zero-order chi connectivity index (χ0) is 13.5. The Hall–Kier alpha value is -2.61. The van der Waals surface area contributed by atoms with E-state index in [4.69, 9.17) is 0 Å². The average Bonchev–Trinajstić information content (AvgIpc) is 2.86. The number of H-pyrrole nitrogens is 1. The zero-order valence-corrected chi connectivity index (χ0v) is 10.9. The van der Waals surface area contributed by atoms with Crippen LogP contribution < -0.4 is 0 Å². The predicted molar refractivity (Wildman–Crippen MR) is 82.5 cm³/mol. The van der Waals surface area contributed by atoms with Gasteiger partial charge >= 0.3 is 0 Å². The number of para-hydroxylation sites is 2. The molecule has 1 N–H and O–H groups in total. The molecule has 0 fully saturated rings. The Labute approximate surface area is 116 Å². The Kier molecular flexibility index (Phi) is 2.36. The van der Waals surface area contributed by atoms with Gasteiger partial charge in [-0.15, -0.1) is 0 Å². The number of aromatic amines is 1. The lowest BCUT2D eigenvalue weighted by molar-refractivity contribution is -0.113. The number of nitrogens with one attached hydrogen (secondary N) is 1. The van der Waals surface area contributed by atoms with Crippen molar-refractivity contribution in [3.63, 3.8) is 0 Å². The molecular weight excluding hydrogens is 246 g/mol. The van der Waals surface area contributed by atoms with E-state index >= 15 is 0 Å². The molecule has 0 unspecified atom stereocenters. The van der Waals surface area contributed by atoms with Crippen molar-refractivity contribution >= 4 is 33.2 Å². The van der Waals surface area contributed by atoms with Crippen LogP contribution in [-0.2, 0) is 4.79 Å². The van der Waals surface area contributed by atoms with Crippen LogP contribution in [0.2, 0.25) is 0 Å². The molecule has 0 spiro atoms. The molecule has 0 bridgehead atoms. The minimum absolute atomic E-state index is 0.163. The molecule has 0 amide bonds. The third kappa shape index (κ3) is 1.62. The lowest BCUT2D eigenvalue weighted by Gasteiger charge is -2.09. The van der Waals surface area contributed by atoms with Gasteiger partial charge < -0.3 is 4.98 Å². The van der Waals surface area contributed by atoms with Crippen LogP contribution in [0.25, 0.3) is 27.4 Å². The molecule has 0 aliphatic heterocycles. The molecule has 2 nitrogen and oxygen atoms in total. The van der Waals surface area contributed by atoms with Crippen LogP contribution in [0.5, 0.6) is 0 Å². The maximum atomic E-state index is 11.6. The second-order valence-corrected chi connectivity index (χ2v) is 5.09. The van der Waals surface area contributed by atoms with E-state index in [0.29, 0.717) is 6.42 Å². The molecule has 1 aliphatic rings. The number of allylic oxidation sites excluding steroid dienone is 4. The second-order valence-electron chi connectivity index (χ2n) is 5.09. The molecule has 20 heavy (non-hydrogen) atoms. The van der Waals surface area contributed by atoms with E-state index in [0.717, 1.165) is 22.2 Å². The summed E-state index contributed by atoms with van der Waals surface area (Å²) in [6.07, 6.45) is 5.98. The summed E-state index contributed by atoms with van der Waals surface area (Å²) in [5.74, 6) is 0.163. The summed E-state index contributed by atoms with van der Waals surface area (Å²) in [5.41, 5.74) is 4.45. The Bertz CT molecular complexity index is 896. The molecule has 1 aromatic heterocycles. The van der Waals surface area contributed by atoms with Gasteiger partial charge in [0.2, 0.25) is 0 Å². The Morgan fingerprint density at radius 1 is 0.950 bits per heavy atom. The lowest BCUT2D eigenvalue weighted by atomic mass is 9.95. The molecule has 0 radical (unpaired) electrons. The molecular formula is C18H13NO. The number of fused-ring (bicyclic) bond motifs is 3. The smallest absolute Gasteiger partial charge is 0.160 e. The first-order valence-electron chi connectivity index (χ1n) is 6.73. The molecule has 0 saturated carbocycles. The van der Waals surface area contributed by atoms with Crippen molar-refractivity contribution in [2.24, 2.45) is 0 Å². The number of carbonyl (C=O) groups is 1. The van der Waals surface area contributed by atoms with Crippen LogP contribution in [0.15, 0.2) is 60.7 Å². The summed E-state index contributed by atoms with van der Waals surface area (Å²) < 4.78 is 0. The van der Waals surface area contributed by atoms with E-state index in [1.54, 1.807) is 6.08 Å². The number of ketones is 1. The number of aromatic nitrogens is 1. The largest absolute Gasteiger partial charge is 0.354 e. The SMILES string of the molecule is O=C1C=CC=C(c2cccc3c2[nH]c2ccccc23)C1. The third-order valence-electron chi connectivity index (χ3n) is 3.83. The monoisotopic (exact) mass is 259 g/mol. The fourth-order valence-electron chi connectivity index (χ4n) is 2.90. The minimum atomic E-state index is 0.163. The van der Waals surface area contributed by atoms with Crippen molar-refractivity contribution in [1.82, 2.24) is 4.98 Å². The summed E-state index contributed by atoms with van der Waals surface area (Å²) >= 11 is 0. The highest BCUT2D eigenvalue weighted by Crippen LogP contribution is 2.32. The Balaban J connectivity index is 2.03. The Morgan fingerprint density at radius 3 is 2.70 bits per heavy atom. The van der Waals surface area contributed by atoms with E-state index < -0.39 is 0 Å². The molecule has 4 rings (SSSR count). The van der Waals surface area contributed by atoms with Crippen LogP contribution in [-0.4, -0.2) is 10.8 Å². The summed E-state index contributed by atoms with van der Waals surface area (Å²) in [6, 6.07) is 14.5.